The zero-order valence-electron chi connectivity index (χ0n) is 35.4. The molecule has 1 N–H and O–H groups in total. The molecule has 0 spiro atoms. The number of piperazine rings is 1. The van der Waals surface area contributed by atoms with Crippen LogP contribution in [0.5, 0.6) is 5.75 Å². The normalized spacial score (nSPS) is 20.8. The summed E-state index contributed by atoms with van der Waals surface area (Å²) in [5, 5.41) is 20.3. The van der Waals surface area contributed by atoms with E-state index in [1.165, 1.54) is 27.8 Å². The van der Waals surface area contributed by atoms with Crippen LogP contribution in [0.3, 0.4) is 0 Å². The monoisotopic (exact) mass is 837 g/mol. The molecule has 4 aromatic carbocycles. The van der Waals surface area contributed by atoms with Gasteiger partial charge in [0.05, 0.1) is 5.71 Å². The second kappa shape index (κ2) is 16.1. The molecule has 0 unspecified atom stereocenters. The van der Waals surface area contributed by atoms with Crippen LogP contribution in [0.4, 0.5) is 20.2 Å². The van der Waals surface area contributed by atoms with E-state index in [1.807, 2.05) is 37.3 Å². The fraction of sp³-hybridized carbons (Fsp3) is 0.380. The molecule has 5 heterocycles. The molecule has 0 saturated carbocycles. The van der Waals surface area contributed by atoms with E-state index in [9.17, 15) is 5.11 Å². The van der Waals surface area contributed by atoms with Gasteiger partial charge in [0, 0.05) is 79.1 Å². The van der Waals surface area contributed by atoms with Crippen LogP contribution in [0.25, 0.3) is 5.00 Å². The Bertz CT molecular complexity index is 2620. The molecule has 11 heteroatoms. The quantitative estimate of drug-likeness (QED) is 0.173. The highest BCUT2D eigenvalue weighted by atomic mass is 32.1. The summed E-state index contributed by atoms with van der Waals surface area (Å²) in [6.07, 6.45) is 3.70. The number of hydrogen-bond acceptors (Lipinski definition) is 8. The third-order valence-corrected chi connectivity index (χ3v) is 15.1. The lowest BCUT2D eigenvalue weighted by Gasteiger charge is -2.40. The van der Waals surface area contributed by atoms with Gasteiger partial charge in [-0.2, -0.15) is 0 Å². The lowest BCUT2D eigenvalue weighted by atomic mass is 9.69. The molecule has 3 aliphatic heterocycles. The van der Waals surface area contributed by atoms with Crippen molar-refractivity contribution in [2.75, 3.05) is 55.6 Å². The first kappa shape index (κ1) is 39.7. The molecule has 0 bridgehead atoms. The maximum atomic E-state index is 16.3. The van der Waals surface area contributed by atoms with Gasteiger partial charge >= 0.3 is 0 Å². The minimum absolute atomic E-state index is 0.0991. The number of halogens is 2. The smallest absolute Gasteiger partial charge is 0.162 e. The first-order valence-electron chi connectivity index (χ1n) is 21.9. The highest BCUT2D eigenvalue weighted by molar-refractivity contribution is 7.15. The van der Waals surface area contributed by atoms with E-state index in [1.54, 1.807) is 35.6 Å². The van der Waals surface area contributed by atoms with Crippen molar-refractivity contribution in [2.24, 2.45) is 10.9 Å². The lowest BCUT2D eigenvalue weighted by molar-refractivity contribution is 0.201. The van der Waals surface area contributed by atoms with E-state index in [-0.39, 0.29) is 35.3 Å². The maximum absolute atomic E-state index is 16.3. The van der Waals surface area contributed by atoms with Crippen LogP contribution in [-0.4, -0.2) is 76.3 Å². The van der Waals surface area contributed by atoms with Crippen molar-refractivity contribution in [3.05, 3.63) is 152 Å². The minimum Gasteiger partial charge on any atom is -0.508 e. The van der Waals surface area contributed by atoms with Crippen LogP contribution in [0.1, 0.15) is 99.5 Å². The van der Waals surface area contributed by atoms with Crippen molar-refractivity contribution in [2.45, 2.75) is 71.3 Å². The summed E-state index contributed by atoms with van der Waals surface area (Å²) in [7, 11) is 0. The number of aromatic nitrogens is 3. The van der Waals surface area contributed by atoms with E-state index in [2.05, 4.69) is 74.5 Å². The van der Waals surface area contributed by atoms with Gasteiger partial charge < -0.3 is 14.9 Å². The highest BCUT2D eigenvalue weighted by Gasteiger charge is 2.36. The average molecular weight is 838 g/mol. The van der Waals surface area contributed by atoms with Crippen LogP contribution < -0.4 is 9.80 Å². The van der Waals surface area contributed by atoms with Crippen molar-refractivity contribution >= 4 is 28.4 Å². The number of aromatic hydroxyl groups is 1. The van der Waals surface area contributed by atoms with Gasteiger partial charge in [-0.3, -0.25) is 14.5 Å². The lowest BCUT2D eigenvalue weighted by Crippen LogP contribution is -2.49. The Balaban J connectivity index is 0.761. The van der Waals surface area contributed by atoms with Gasteiger partial charge in [0.25, 0.3) is 0 Å². The second-order valence-corrected chi connectivity index (χ2v) is 18.8. The minimum atomic E-state index is -0.346. The number of thiophene rings is 1. The molecule has 1 aliphatic carbocycles. The van der Waals surface area contributed by atoms with Crippen LogP contribution >= 0.6 is 11.3 Å². The Morgan fingerprint density at radius 3 is 2.21 bits per heavy atom. The van der Waals surface area contributed by atoms with E-state index in [0.717, 1.165) is 103 Å². The van der Waals surface area contributed by atoms with Gasteiger partial charge in [-0.05, 0) is 135 Å². The molecule has 314 valence electrons. The zero-order valence-corrected chi connectivity index (χ0v) is 36.2. The topological polar surface area (TPSA) is 73.0 Å². The predicted molar refractivity (Wildman–Crippen MR) is 241 cm³/mol. The Morgan fingerprint density at radius 2 is 1.46 bits per heavy atom. The van der Waals surface area contributed by atoms with Crippen molar-refractivity contribution in [1.82, 2.24) is 19.7 Å². The molecule has 2 saturated heterocycles. The highest BCUT2D eigenvalue weighted by Crippen LogP contribution is 2.48. The number of fused-ring (bicyclic) bond motifs is 4. The summed E-state index contributed by atoms with van der Waals surface area (Å²) >= 11 is 1.79. The number of piperidine rings is 1. The largest absolute Gasteiger partial charge is 0.508 e. The molecular formula is C50H53F2N7OS. The standard InChI is InChI=1S/C50H53F2N7OS/c1-30-32(3)61-50-46(30)48(53-31(2)49-55-54-33(4)59(49)50)35-9-12-37(13-10-35)57-21-19-34(20-22-57)29-56-23-25-58(26-24-56)38-14-17-43(45(52)28-38)47-40-18-15-39(60)27-36(40)11-16-42(47)41-7-5-6-8-44(41)51/h5-10,12-15,17-18,27-28,31,34,42,47,60H,11,16,19-26,29H2,1-4H3/t31-,42-,47-/m0/s1. The van der Waals surface area contributed by atoms with Gasteiger partial charge in [0.1, 0.15) is 34.3 Å². The molecule has 0 radical (unpaired) electrons. The Labute approximate surface area is 361 Å². The predicted octanol–water partition coefficient (Wildman–Crippen LogP) is 10.1. The fourth-order valence-electron chi connectivity index (χ4n) is 10.5. The van der Waals surface area contributed by atoms with Crippen LogP contribution in [-0.2, 0) is 6.42 Å². The molecular weight excluding hydrogens is 785 g/mol. The molecule has 2 aromatic heterocycles. The summed E-state index contributed by atoms with van der Waals surface area (Å²) in [5.74, 6) is 1.57. The summed E-state index contributed by atoms with van der Waals surface area (Å²) in [4.78, 5) is 13.9. The summed E-state index contributed by atoms with van der Waals surface area (Å²) in [6, 6.07) is 26.8. The van der Waals surface area contributed by atoms with E-state index in [4.69, 9.17) is 4.99 Å². The van der Waals surface area contributed by atoms with Crippen molar-refractivity contribution < 1.29 is 13.9 Å². The molecule has 2 fully saturated rings. The van der Waals surface area contributed by atoms with E-state index >= 15 is 8.78 Å². The average Bonchev–Trinajstić information content (AvgIpc) is 3.76. The number of phenols is 1. The second-order valence-electron chi connectivity index (χ2n) is 17.6. The Kier molecular flexibility index (Phi) is 10.5. The number of hydrogen-bond donors (Lipinski definition) is 1. The van der Waals surface area contributed by atoms with Gasteiger partial charge in [-0.25, -0.2) is 8.78 Å². The summed E-state index contributed by atoms with van der Waals surface area (Å²) in [6.45, 7) is 15.3. The van der Waals surface area contributed by atoms with Crippen molar-refractivity contribution in [3.63, 3.8) is 0 Å². The molecule has 8 nitrogen and oxygen atoms in total. The summed E-state index contributed by atoms with van der Waals surface area (Å²) in [5.41, 5.74) is 9.94. The van der Waals surface area contributed by atoms with Crippen molar-refractivity contribution in [1.29, 1.82) is 0 Å². The van der Waals surface area contributed by atoms with Gasteiger partial charge in [-0.15, -0.1) is 21.5 Å². The van der Waals surface area contributed by atoms with Crippen LogP contribution in [0.15, 0.2) is 89.9 Å². The Hall–Kier alpha value is -5.39. The Morgan fingerprint density at radius 1 is 0.738 bits per heavy atom. The van der Waals surface area contributed by atoms with Crippen molar-refractivity contribution in [3.8, 4) is 10.8 Å². The number of benzene rings is 4. The fourth-order valence-corrected chi connectivity index (χ4v) is 11.7. The third-order valence-electron chi connectivity index (χ3n) is 13.9. The molecule has 4 aliphatic rings. The van der Waals surface area contributed by atoms with Crippen LogP contribution in [0.2, 0.25) is 0 Å². The zero-order chi connectivity index (χ0) is 41.9. The van der Waals surface area contributed by atoms with Gasteiger partial charge in [0.2, 0.25) is 0 Å². The number of anilines is 2. The first-order chi connectivity index (χ1) is 29.6. The number of nitrogens with zero attached hydrogens (tertiary/aromatic N) is 7. The molecule has 3 atom stereocenters. The number of aliphatic imine (C=N–C) groups is 1. The van der Waals surface area contributed by atoms with Gasteiger partial charge in [0.15, 0.2) is 5.82 Å². The number of phenolic OH excluding ortho intramolecular Hbond substituents is 1. The molecule has 0 amide bonds. The third kappa shape index (κ3) is 7.33. The number of aryl methyl sites for hydroxylation is 3. The van der Waals surface area contributed by atoms with Crippen LogP contribution in [0, 0.1) is 38.3 Å². The van der Waals surface area contributed by atoms with E-state index in [0.29, 0.717) is 29.9 Å². The maximum Gasteiger partial charge on any atom is 0.162 e. The number of rotatable bonds is 7. The molecule has 10 rings (SSSR count). The molecule has 61 heavy (non-hydrogen) atoms. The SMILES string of the molecule is Cc1sc2c(c1C)C(c1ccc(N3CCC(CN4CCN(c5ccc([C@H]6c7ccc(O)cc7CC[C@H]6c6ccccc6F)c(F)c5)CC4)CC3)cc1)=N[C@@H](C)c1nnc(C)n1-2. The summed E-state index contributed by atoms with van der Waals surface area (Å²) < 4.78 is 33.7. The first-order valence-corrected chi connectivity index (χ1v) is 22.7. The molecule has 6 aromatic rings. The van der Waals surface area contributed by atoms with E-state index < -0.39 is 0 Å². The van der Waals surface area contributed by atoms with Gasteiger partial charge in [-0.1, -0.05) is 42.5 Å².